The highest BCUT2D eigenvalue weighted by Gasteiger charge is 2.35. The van der Waals surface area contributed by atoms with Crippen molar-refractivity contribution in [1.82, 2.24) is 9.80 Å². The van der Waals surface area contributed by atoms with Crippen molar-refractivity contribution < 1.29 is 19.1 Å². The number of thiophene rings is 1. The van der Waals surface area contributed by atoms with Gasteiger partial charge >= 0.3 is 0 Å². The molecule has 2 heterocycles. The molecule has 2 aliphatic rings. The van der Waals surface area contributed by atoms with Crippen LogP contribution in [0.25, 0.3) is 0 Å². The van der Waals surface area contributed by atoms with Gasteiger partial charge in [-0.05, 0) is 59.9 Å². The number of benzene rings is 2. The second-order valence-electron chi connectivity index (χ2n) is 9.49. The molecule has 1 aromatic heterocycles. The zero-order valence-electron chi connectivity index (χ0n) is 20.6. The third-order valence-electron chi connectivity index (χ3n) is 6.93. The molecule has 1 fully saturated rings. The number of methoxy groups -OCH3 is 1. The number of carbonyl (C=O) groups excluding carboxylic acids is 2. The number of fused-ring (bicyclic) bond motifs is 1. The standard InChI is InChI=1S/C29H32N2O4S/c1-34-25-9-5-6-10-26(25)35-20-24-23-14-16-36-27(23)13-15-31(24)29(33)19-30(18-22-11-12-22)28(32)17-21-7-3-2-4-8-21/h2-10,14,16,22,24H,11-13,15,17-20H2,1H3. The van der Waals surface area contributed by atoms with E-state index in [1.54, 1.807) is 23.3 Å². The van der Waals surface area contributed by atoms with E-state index in [0.29, 0.717) is 43.5 Å². The second-order valence-corrected chi connectivity index (χ2v) is 10.5. The summed E-state index contributed by atoms with van der Waals surface area (Å²) in [5.41, 5.74) is 2.11. The van der Waals surface area contributed by atoms with Crippen molar-refractivity contribution in [2.24, 2.45) is 5.92 Å². The Kier molecular flexibility index (Phi) is 7.56. The lowest BCUT2D eigenvalue weighted by atomic mass is 10.00. The smallest absolute Gasteiger partial charge is 0.242 e. The minimum absolute atomic E-state index is 0.0107. The molecule has 0 N–H and O–H groups in total. The lowest BCUT2D eigenvalue weighted by Crippen LogP contribution is -2.48. The average Bonchev–Trinajstić information content (AvgIpc) is 3.59. The molecule has 0 spiro atoms. The van der Waals surface area contributed by atoms with Crippen LogP contribution in [0.2, 0.25) is 0 Å². The number of hydrogen-bond acceptors (Lipinski definition) is 5. The van der Waals surface area contributed by atoms with Gasteiger partial charge in [-0.2, -0.15) is 0 Å². The maximum absolute atomic E-state index is 13.7. The van der Waals surface area contributed by atoms with Crippen molar-refractivity contribution in [3.8, 4) is 11.5 Å². The van der Waals surface area contributed by atoms with Crippen molar-refractivity contribution in [1.29, 1.82) is 0 Å². The lowest BCUT2D eigenvalue weighted by molar-refractivity contribution is -0.142. The zero-order valence-corrected chi connectivity index (χ0v) is 21.4. The Morgan fingerprint density at radius 1 is 1.03 bits per heavy atom. The molecule has 1 unspecified atom stereocenters. The van der Waals surface area contributed by atoms with Crippen LogP contribution in [0.3, 0.4) is 0 Å². The van der Waals surface area contributed by atoms with Crippen LogP contribution in [0.4, 0.5) is 0 Å². The highest BCUT2D eigenvalue weighted by Crippen LogP contribution is 2.36. The van der Waals surface area contributed by atoms with Crippen LogP contribution in [0.15, 0.2) is 66.0 Å². The minimum Gasteiger partial charge on any atom is -0.493 e. The summed E-state index contributed by atoms with van der Waals surface area (Å²) < 4.78 is 11.6. The maximum Gasteiger partial charge on any atom is 0.242 e. The maximum atomic E-state index is 13.7. The highest BCUT2D eigenvalue weighted by molar-refractivity contribution is 7.10. The molecule has 1 saturated carbocycles. The van der Waals surface area contributed by atoms with Crippen LogP contribution in [0, 0.1) is 5.92 Å². The second kappa shape index (κ2) is 11.2. The number of carbonyl (C=O) groups is 2. The van der Waals surface area contributed by atoms with Gasteiger partial charge in [0.15, 0.2) is 11.5 Å². The molecule has 7 heteroatoms. The normalized spacial score (nSPS) is 16.8. The van der Waals surface area contributed by atoms with E-state index < -0.39 is 0 Å². The molecule has 3 aromatic rings. The van der Waals surface area contributed by atoms with Crippen LogP contribution in [-0.2, 0) is 22.4 Å². The summed E-state index contributed by atoms with van der Waals surface area (Å²) in [5.74, 6) is 1.81. The van der Waals surface area contributed by atoms with Crippen LogP contribution in [0.5, 0.6) is 11.5 Å². The molecular weight excluding hydrogens is 472 g/mol. The predicted octanol–water partition coefficient (Wildman–Crippen LogP) is 4.74. The summed E-state index contributed by atoms with van der Waals surface area (Å²) in [6.07, 6.45) is 3.39. The van der Waals surface area contributed by atoms with E-state index in [9.17, 15) is 9.59 Å². The van der Waals surface area contributed by atoms with Crippen LogP contribution in [0.1, 0.15) is 34.9 Å². The molecule has 0 radical (unpaired) electrons. The molecule has 6 nitrogen and oxygen atoms in total. The van der Waals surface area contributed by atoms with Crippen molar-refractivity contribution in [3.05, 3.63) is 82.0 Å². The molecule has 1 aliphatic carbocycles. The van der Waals surface area contributed by atoms with E-state index in [0.717, 1.165) is 30.4 Å². The molecule has 188 valence electrons. The molecule has 2 amide bonds. The number of amides is 2. The summed E-state index contributed by atoms with van der Waals surface area (Å²) in [6, 6.07) is 19.2. The quantitative estimate of drug-likeness (QED) is 0.400. The van der Waals surface area contributed by atoms with Crippen molar-refractivity contribution in [3.63, 3.8) is 0 Å². The Morgan fingerprint density at radius 2 is 1.78 bits per heavy atom. The Balaban J connectivity index is 1.31. The number of nitrogens with zero attached hydrogens (tertiary/aromatic N) is 2. The first-order valence-corrected chi connectivity index (χ1v) is 13.4. The van der Waals surface area contributed by atoms with Gasteiger partial charge in [0.1, 0.15) is 6.61 Å². The fourth-order valence-electron chi connectivity index (χ4n) is 4.78. The summed E-state index contributed by atoms with van der Waals surface area (Å²) in [4.78, 5) is 31.9. The topological polar surface area (TPSA) is 59.1 Å². The third kappa shape index (κ3) is 5.73. The lowest BCUT2D eigenvalue weighted by Gasteiger charge is -2.37. The Labute approximate surface area is 216 Å². The molecule has 5 rings (SSSR count). The van der Waals surface area contributed by atoms with E-state index in [1.165, 1.54) is 4.88 Å². The van der Waals surface area contributed by atoms with Crippen molar-refractivity contribution in [2.45, 2.75) is 31.7 Å². The summed E-state index contributed by atoms with van der Waals surface area (Å²) in [7, 11) is 1.62. The van der Waals surface area contributed by atoms with Crippen LogP contribution < -0.4 is 9.47 Å². The Bertz CT molecular complexity index is 1190. The van der Waals surface area contributed by atoms with Gasteiger partial charge < -0.3 is 19.3 Å². The number of para-hydroxylation sites is 2. The van der Waals surface area contributed by atoms with E-state index in [4.69, 9.17) is 9.47 Å². The predicted molar refractivity (Wildman–Crippen MR) is 140 cm³/mol. The van der Waals surface area contributed by atoms with Crippen LogP contribution in [-0.4, -0.2) is 55.0 Å². The summed E-state index contributed by atoms with van der Waals surface area (Å²) >= 11 is 1.73. The van der Waals surface area contributed by atoms with E-state index in [1.807, 2.05) is 59.5 Å². The molecule has 0 bridgehead atoms. The zero-order chi connectivity index (χ0) is 24.9. The number of rotatable bonds is 10. The highest BCUT2D eigenvalue weighted by atomic mass is 32.1. The molecule has 36 heavy (non-hydrogen) atoms. The minimum atomic E-state index is -0.204. The van der Waals surface area contributed by atoms with Gasteiger partial charge in [-0.25, -0.2) is 0 Å². The van der Waals surface area contributed by atoms with E-state index >= 15 is 0 Å². The van der Waals surface area contributed by atoms with Gasteiger partial charge in [-0.15, -0.1) is 11.3 Å². The van der Waals surface area contributed by atoms with Gasteiger partial charge in [0.25, 0.3) is 0 Å². The van der Waals surface area contributed by atoms with Crippen LogP contribution >= 0.6 is 11.3 Å². The molecular formula is C29H32N2O4S. The van der Waals surface area contributed by atoms with Gasteiger partial charge in [-0.1, -0.05) is 42.5 Å². The third-order valence-corrected chi connectivity index (χ3v) is 7.93. The van der Waals surface area contributed by atoms with Gasteiger partial charge in [-0.3, -0.25) is 9.59 Å². The van der Waals surface area contributed by atoms with Gasteiger partial charge in [0, 0.05) is 18.0 Å². The van der Waals surface area contributed by atoms with Gasteiger partial charge in [0.2, 0.25) is 11.8 Å². The van der Waals surface area contributed by atoms with Gasteiger partial charge in [0.05, 0.1) is 26.1 Å². The average molecular weight is 505 g/mol. The Morgan fingerprint density at radius 3 is 2.53 bits per heavy atom. The van der Waals surface area contributed by atoms with E-state index in [-0.39, 0.29) is 24.4 Å². The first kappa shape index (κ1) is 24.4. The first-order valence-electron chi connectivity index (χ1n) is 12.6. The molecule has 1 aliphatic heterocycles. The first-order chi connectivity index (χ1) is 17.6. The Hall–Kier alpha value is -3.32. The SMILES string of the molecule is COc1ccccc1OCC1c2ccsc2CCN1C(=O)CN(CC1CC1)C(=O)Cc1ccccc1. The van der Waals surface area contributed by atoms with Crippen molar-refractivity contribution >= 4 is 23.2 Å². The monoisotopic (exact) mass is 504 g/mol. The van der Waals surface area contributed by atoms with Crippen molar-refractivity contribution in [2.75, 3.05) is 33.4 Å². The summed E-state index contributed by atoms with van der Waals surface area (Å²) in [6.45, 7) is 1.71. The fourth-order valence-corrected chi connectivity index (χ4v) is 5.71. The number of ether oxygens (including phenoxy) is 2. The fraction of sp³-hybridized carbons (Fsp3) is 0.379. The summed E-state index contributed by atoms with van der Waals surface area (Å²) in [5, 5.41) is 2.08. The number of hydrogen-bond donors (Lipinski definition) is 0. The molecule has 0 saturated heterocycles. The largest absolute Gasteiger partial charge is 0.493 e. The molecule has 1 atom stereocenters. The van der Waals surface area contributed by atoms with E-state index in [2.05, 4.69) is 11.4 Å². The molecule has 2 aromatic carbocycles.